The lowest BCUT2D eigenvalue weighted by Gasteiger charge is -2.28. The van der Waals surface area contributed by atoms with Crippen LogP contribution in [0.25, 0.3) is 0 Å². The van der Waals surface area contributed by atoms with Gasteiger partial charge in [0.2, 0.25) is 5.91 Å². The van der Waals surface area contributed by atoms with Crippen LogP contribution in [0.2, 0.25) is 0 Å². The van der Waals surface area contributed by atoms with Crippen LogP contribution in [-0.4, -0.2) is 46.6 Å². The summed E-state index contributed by atoms with van der Waals surface area (Å²) in [7, 11) is 0. The maximum atomic E-state index is 11.9. The summed E-state index contributed by atoms with van der Waals surface area (Å²) in [5.74, 6) is -0.829. The van der Waals surface area contributed by atoms with Gasteiger partial charge >= 0.3 is 5.97 Å². The lowest BCUT2D eigenvalue weighted by atomic mass is 10.2. The van der Waals surface area contributed by atoms with Gasteiger partial charge in [-0.3, -0.25) is 14.5 Å². The molecule has 5 heteroatoms. The van der Waals surface area contributed by atoms with E-state index in [9.17, 15) is 9.59 Å². The van der Waals surface area contributed by atoms with Crippen LogP contribution < -0.4 is 5.32 Å². The highest BCUT2D eigenvalue weighted by Crippen LogP contribution is 2.28. The number of hydrogen-bond donors (Lipinski definition) is 2. The Bertz CT molecular complexity index is 287. The third-order valence-electron chi connectivity index (χ3n) is 2.91. The van der Waals surface area contributed by atoms with Crippen LogP contribution in [0.4, 0.5) is 0 Å². The van der Waals surface area contributed by atoms with Gasteiger partial charge in [-0.1, -0.05) is 0 Å². The lowest BCUT2D eigenvalue weighted by molar-refractivity contribution is -0.138. The first-order valence-electron chi connectivity index (χ1n) is 6.19. The van der Waals surface area contributed by atoms with Crippen LogP contribution in [0.15, 0.2) is 0 Å². The fourth-order valence-electron chi connectivity index (χ4n) is 1.88. The SMILES string of the molecule is CC(C)NC(=O)C(C)N(CCC(=O)O)C1CC1. The molecule has 0 aromatic rings. The quantitative estimate of drug-likeness (QED) is 0.694. The first kappa shape index (κ1) is 14.0. The molecule has 0 aromatic carbocycles. The van der Waals surface area contributed by atoms with Crippen molar-refractivity contribution in [2.45, 2.75) is 58.2 Å². The molecule has 2 N–H and O–H groups in total. The van der Waals surface area contributed by atoms with Crippen molar-refractivity contribution in [1.82, 2.24) is 10.2 Å². The molecule has 0 saturated heterocycles. The Kier molecular flexibility index (Phi) is 4.93. The number of aliphatic carboxylic acids is 1. The smallest absolute Gasteiger partial charge is 0.304 e. The molecule has 5 nitrogen and oxygen atoms in total. The molecule has 0 heterocycles. The molecule has 1 saturated carbocycles. The molecule has 0 aromatic heterocycles. The largest absolute Gasteiger partial charge is 0.481 e. The Morgan fingerprint density at radius 2 is 1.94 bits per heavy atom. The summed E-state index contributed by atoms with van der Waals surface area (Å²) >= 11 is 0. The Morgan fingerprint density at radius 3 is 2.35 bits per heavy atom. The van der Waals surface area contributed by atoms with E-state index in [1.807, 2.05) is 25.7 Å². The van der Waals surface area contributed by atoms with Crippen molar-refractivity contribution in [2.75, 3.05) is 6.54 Å². The van der Waals surface area contributed by atoms with Crippen molar-refractivity contribution in [3.8, 4) is 0 Å². The Morgan fingerprint density at radius 1 is 1.35 bits per heavy atom. The average Bonchev–Trinajstić information content (AvgIpc) is 3.00. The molecule has 1 atom stereocenters. The molecule has 0 bridgehead atoms. The number of amides is 1. The standard InChI is InChI=1S/C12H22N2O3/c1-8(2)13-12(17)9(3)14(10-4-5-10)7-6-11(15)16/h8-10H,4-7H2,1-3H3,(H,13,17)(H,15,16). The number of carbonyl (C=O) groups excluding carboxylic acids is 1. The highest BCUT2D eigenvalue weighted by Gasteiger charge is 2.35. The van der Waals surface area contributed by atoms with Gasteiger partial charge in [0.05, 0.1) is 12.5 Å². The zero-order valence-electron chi connectivity index (χ0n) is 10.8. The van der Waals surface area contributed by atoms with Gasteiger partial charge in [-0.2, -0.15) is 0 Å². The lowest BCUT2D eigenvalue weighted by Crippen LogP contribution is -2.48. The average molecular weight is 242 g/mol. The highest BCUT2D eigenvalue weighted by atomic mass is 16.4. The molecule has 98 valence electrons. The van der Waals surface area contributed by atoms with Crippen molar-refractivity contribution in [3.05, 3.63) is 0 Å². The molecule has 1 aliphatic carbocycles. The maximum Gasteiger partial charge on any atom is 0.304 e. The van der Waals surface area contributed by atoms with Gasteiger partial charge in [0.25, 0.3) is 0 Å². The van der Waals surface area contributed by atoms with Crippen LogP contribution in [-0.2, 0) is 9.59 Å². The molecule has 0 radical (unpaired) electrons. The zero-order chi connectivity index (χ0) is 13.0. The van der Waals surface area contributed by atoms with E-state index in [4.69, 9.17) is 5.11 Å². The summed E-state index contributed by atoms with van der Waals surface area (Å²) in [6, 6.07) is 0.261. The molecular weight excluding hydrogens is 220 g/mol. The molecule has 1 rings (SSSR count). The monoisotopic (exact) mass is 242 g/mol. The van der Waals surface area contributed by atoms with E-state index in [1.54, 1.807) is 0 Å². The fourth-order valence-corrected chi connectivity index (χ4v) is 1.88. The van der Waals surface area contributed by atoms with Gasteiger partial charge in [0, 0.05) is 18.6 Å². The minimum atomic E-state index is -0.813. The second-order valence-electron chi connectivity index (χ2n) is 4.95. The summed E-state index contributed by atoms with van der Waals surface area (Å²) in [4.78, 5) is 24.5. The second kappa shape index (κ2) is 6.00. The number of nitrogens with zero attached hydrogens (tertiary/aromatic N) is 1. The molecule has 0 spiro atoms. The van der Waals surface area contributed by atoms with Crippen molar-refractivity contribution >= 4 is 11.9 Å². The number of hydrogen-bond acceptors (Lipinski definition) is 3. The first-order valence-corrected chi connectivity index (χ1v) is 6.19. The number of carboxylic acids is 1. The third kappa shape index (κ3) is 4.73. The van der Waals surface area contributed by atoms with E-state index >= 15 is 0 Å². The Balaban J connectivity index is 2.50. The van der Waals surface area contributed by atoms with Crippen molar-refractivity contribution in [3.63, 3.8) is 0 Å². The second-order valence-corrected chi connectivity index (χ2v) is 4.95. The summed E-state index contributed by atoms with van der Waals surface area (Å²) < 4.78 is 0. The summed E-state index contributed by atoms with van der Waals surface area (Å²) in [5.41, 5.74) is 0. The molecule has 17 heavy (non-hydrogen) atoms. The van der Waals surface area contributed by atoms with Gasteiger partial charge in [-0.05, 0) is 33.6 Å². The molecule has 1 amide bonds. The number of carboxylic acid groups (broad SMARTS) is 1. The summed E-state index contributed by atoms with van der Waals surface area (Å²) in [6.45, 7) is 6.14. The van der Waals surface area contributed by atoms with Gasteiger partial charge in [0.15, 0.2) is 0 Å². The van der Waals surface area contributed by atoms with Crippen LogP contribution in [0.1, 0.15) is 40.0 Å². The molecule has 1 unspecified atom stereocenters. The maximum absolute atomic E-state index is 11.9. The van der Waals surface area contributed by atoms with E-state index in [0.717, 1.165) is 12.8 Å². The topological polar surface area (TPSA) is 69.6 Å². The van der Waals surface area contributed by atoms with E-state index in [-0.39, 0.29) is 24.4 Å². The molecular formula is C12H22N2O3. The summed E-state index contributed by atoms with van der Waals surface area (Å²) in [5, 5.41) is 11.6. The van der Waals surface area contributed by atoms with E-state index < -0.39 is 5.97 Å². The van der Waals surface area contributed by atoms with Crippen LogP contribution in [0, 0.1) is 0 Å². The van der Waals surface area contributed by atoms with E-state index in [1.165, 1.54) is 0 Å². The van der Waals surface area contributed by atoms with Crippen molar-refractivity contribution in [1.29, 1.82) is 0 Å². The van der Waals surface area contributed by atoms with Crippen LogP contribution >= 0.6 is 0 Å². The third-order valence-corrected chi connectivity index (χ3v) is 2.91. The summed E-state index contributed by atoms with van der Waals surface area (Å²) in [6.07, 6.45) is 2.23. The van der Waals surface area contributed by atoms with Crippen LogP contribution in [0.3, 0.4) is 0 Å². The fraction of sp³-hybridized carbons (Fsp3) is 0.833. The first-order chi connectivity index (χ1) is 7.91. The molecule has 0 aliphatic heterocycles. The van der Waals surface area contributed by atoms with Gasteiger partial charge in [-0.15, -0.1) is 0 Å². The number of rotatable bonds is 7. The normalized spacial score (nSPS) is 17.2. The van der Waals surface area contributed by atoms with Gasteiger partial charge < -0.3 is 10.4 Å². The minimum Gasteiger partial charge on any atom is -0.481 e. The minimum absolute atomic E-state index is 0.0164. The Labute approximate surface area is 102 Å². The molecule has 1 aliphatic rings. The Hall–Kier alpha value is -1.10. The number of carbonyl (C=O) groups is 2. The van der Waals surface area contributed by atoms with Crippen molar-refractivity contribution < 1.29 is 14.7 Å². The van der Waals surface area contributed by atoms with E-state index in [2.05, 4.69) is 5.32 Å². The zero-order valence-corrected chi connectivity index (χ0v) is 10.8. The molecule has 1 fully saturated rings. The van der Waals surface area contributed by atoms with E-state index in [0.29, 0.717) is 12.6 Å². The number of nitrogens with one attached hydrogen (secondary N) is 1. The predicted molar refractivity (Wildman–Crippen MR) is 64.7 cm³/mol. The van der Waals surface area contributed by atoms with Gasteiger partial charge in [0.1, 0.15) is 0 Å². The van der Waals surface area contributed by atoms with Crippen molar-refractivity contribution in [2.24, 2.45) is 0 Å². The van der Waals surface area contributed by atoms with Crippen LogP contribution in [0.5, 0.6) is 0 Å². The predicted octanol–water partition coefficient (Wildman–Crippen LogP) is 0.839. The van der Waals surface area contributed by atoms with Gasteiger partial charge in [-0.25, -0.2) is 0 Å². The highest BCUT2D eigenvalue weighted by molar-refractivity contribution is 5.81.